The van der Waals surface area contributed by atoms with E-state index in [4.69, 9.17) is 4.74 Å². The predicted octanol–water partition coefficient (Wildman–Crippen LogP) is 5.70. The number of thiophene rings is 1. The van der Waals surface area contributed by atoms with Crippen molar-refractivity contribution in [2.75, 3.05) is 23.3 Å². The van der Waals surface area contributed by atoms with E-state index in [2.05, 4.69) is 44.5 Å². The van der Waals surface area contributed by atoms with E-state index in [1.807, 2.05) is 37.3 Å². The second-order valence-corrected chi connectivity index (χ2v) is 8.89. The monoisotopic (exact) mass is 444 g/mol. The molecule has 32 heavy (non-hydrogen) atoms. The lowest BCUT2D eigenvalue weighted by Gasteiger charge is -2.18. The quantitative estimate of drug-likeness (QED) is 0.385. The second kappa shape index (κ2) is 8.96. The molecule has 1 aliphatic rings. The van der Waals surface area contributed by atoms with Gasteiger partial charge in [-0.3, -0.25) is 0 Å². The van der Waals surface area contributed by atoms with Crippen LogP contribution in [0.3, 0.4) is 0 Å². The highest BCUT2D eigenvalue weighted by Crippen LogP contribution is 2.35. The van der Waals surface area contributed by atoms with Crippen LogP contribution in [0.4, 0.5) is 17.2 Å². The van der Waals surface area contributed by atoms with Crippen molar-refractivity contribution in [1.82, 2.24) is 9.97 Å². The van der Waals surface area contributed by atoms with Crippen molar-refractivity contribution in [3.8, 4) is 0 Å². The van der Waals surface area contributed by atoms with Crippen LogP contribution < -0.4 is 10.2 Å². The lowest BCUT2D eigenvalue weighted by molar-refractivity contribution is 0.0478. The topological polar surface area (TPSA) is 67.3 Å². The minimum Gasteiger partial charge on any atom is -0.457 e. The van der Waals surface area contributed by atoms with Crippen molar-refractivity contribution in [2.45, 2.75) is 26.4 Å². The van der Waals surface area contributed by atoms with E-state index in [1.54, 1.807) is 0 Å². The first-order chi connectivity index (χ1) is 15.7. The number of esters is 1. The number of nitrogens with zero attached hydrogens (tertiary/aromatic N) is 3. The van der Waals surface area contributed by atoms with E-state index >= 15 is 0 Å². The van der Waals surface area contributed by atoms with Gasteiger partial charge in [-0.1, -0.05) is 30.3 Å². The minimum atomic E-state index is -0.338. The predicted molar refractivity (Wildman–Crippen MR) is 129 cm³/mol. The lowest BCUT2D eigenvalue weighted by Crippen LogP contribution is -2.17. The number of hydrogen-bond donors (Lipinski definition) is 1. The molecule has 7 heteroatoms. The minimum absolute atomic E-state index is 0.244. The van der Waals surface area contributed by atoms with Gasteiger partial charge in [-0.15, -0.1) is 11.3 Å². The third-order valence-electron chi connectivity index (χ3n) is 5.73. The van der Waals surface area contributed by atoms with Crippen LogP contribution in [-0.2, 0) is 11.3 Å². The Labute approximate surface area is 190 Å². The number of aryl methyl sites for hydroxylation is 1. The molecule has 1 N–H and O–H groups in total. The Morgan fingerprint density at radius 2 is 1.81 bits per heavy atom. The summed E-state index contributed by atoms with van der Waals surface area (Å²) in [5, 5.41) is 4.25. The SMILES string of the molecule is Cc1c(C(=O)OCc2ccccc2)sc2ncnc(Nc3ccc(N4CCCC4)cc3)c12. The summed E-state index contributed by atoms with van der Waals surface area (Å²) in [6, 6.07) is 18.1. The molecule has 5 rings (SSSR count). The number of fused-ring (bicyclic) bond motifs is 1. The molecule has 0 radical (unpaired) electrons. The van der Waals surface area contributed by atoms with E-state index in [0.717, 1.165) is 40.1 Å². The molecule has 0 unspecified atom stereocenters. The Kier molecular flexibility index (Phi) is 5.73. The highest BCUT2D eigenvalue weighted by Gasteiger charge is 2.21. The van der Waals surface area contributed by atoms with E-state index < -0.39 is 0 Å². The number of aromatic nitrogens is 2. The first kappa shape index (κ1) is 20.5. The number of benzene rings is 2. The van der Waals surface area contributed by atoms with Crippen LogP contribution in [0, 0.1) is 6.92 Å². The van der Waals surface area contributed by atoms with Gasteiger partial charge in [0.15, 0.2) is 0 Å². The van der Waals surface area contributed by atoms with E-state index in [-0.39, 0.29) is 12.6 Å². The summed E-state index contributed by atoms with van der Waals surface area (Å²) < 4.78 is 5.54. The number of anilines is 3. The van der Waals surface area contributed by atoms with Gasteiger partial charge in [0.1, 0.15) is 28.5 Å². The molecule has 162 valence electrons. The molecule has 2 aromatic heterocycles. The number of rotatable bonds is 6. The molecule has 0 atom stereocenters. The van der Waals surface area contributed by atoms with Crippen LogP contribution in [0.2, 0.25) is 0 Å². The Morgan fingerprint density at radius 3 is 2.56 bits per heavy atom. The summed E-state index contributed by atoms with van der Waals surface area (Å²) in [7, 11) is 0. The van der Waals surface area contributed by atoms with Crippen molar-refractivity contribution in [2.24, 2.45) is 0 Å². The fourth-order valence-electron chi connectivity index (χ4n) is 4.02. The molecular weight excluding hydrogens is 420 g/mol. The highest BCUT2D eigenvalue weighted by atomic mass is 32.1. The van der Waals surface area contributed by atoms with Gasteiger partial charge in [-0.25, -0.2) is 14.8 Å². The largest absolute Gasteiger partial charge is 0.457 e. The highest BCUT2D eigenvalue weighted by molar-refractivity contribution is 7.20. The van der Waals surface area contributed by atoms with Gasteiger partial charge in [0.25, 0.3) is 0 Å². The zero-order valence-corrected chi connectivity index (χ0v) is 18.7. The van der Waals surface area contributed by atoms with Crippen LogP contribution in [0.1, 0.15) is 33.6 Å². The van der Waals surface area contributed by atoms with Crippen LogP contribution in [0.15, 0.2) is 60.9 Å². The Morgan fingerprint density at radius 1 is 1.06 bits per heavy atom. The summed E-state index contributed by atoms with van der Waals surface area (Å²) in [5.41, 5.74) is 3.99. The number of nitrogens with one attached hydrogen (secondary N) is 1. The van der Waals surface area contributed by atoms with Gasteiger partial charge >= 0.3 is 5.97 Å². The van der Waals surface area contributed by atoms with Crippen LogP contribution in [-0.4, -0.2) is 29.0 Å². The maximum absolute atomic E-state index is 12.8. The van der Waals surface area contributed by atoms with Crippen molar-refractivity contribution in [3.63, 3.8) is 0 Å². The van der Waals surface area contributed by atoms with Crippen LogP contribution >= 0.6 is 11.3 Å². The summed E-state index contributed by atoms with van der Waals surface area (Å²) in [4.78, 5) is 25.3. The summed E-state index contributed by atoms with van der Waals surface area (Å²) >= 11 is 1.34. The van der Waals surface area contributed by atoms with Gasteiger partial charge in [0.05, 0.1) is 5.39 Å². The van der Waals surface area contributed by atoms with E-state index in [1.165, 1.54) is 36.2 Å². The zero-order valence-electron chi connectivity index (χ0n) is 17.9. The van der Waals surface area contributed by atoms with Crippen molar-refractivity contribution < 1.29 is 9.53 Å². The molecule has 3 heterocycles. The molecule has 4 aromatic rings. The number of hydrogen-bond acceptors (Lipinski definition) is 7. The van der Waals surface area contributed by atoms with Gasteiger partial charge in [0.2, 0.25) is 0 Å². The Hall–Kier alpha value is -3.45. The van der Waals surface area contributed by atoms with Gasteiger partial charge in [-0.2, -0.15) is 0 Å². The van der Waals surface area contributed by atoms with Gasteiger partial charge < -0.3 is 15.0 Å². The molecule has 1 fully saturated rings. The fraction of sp³-hybridized carbons (Fsp3) is 0.240. The number of ether oxygens (including phenoxy) is 1. The lowest BCUT2D eigenvalue weighted by atomic mass is 10.2. The Balaban J connectivity index is 1.36. The molecule has 1 aliphatic heterocycles. The maximum Gasteiger partial charge on any atom is 0.349 e. The van der Waals surface area contributed by atoms with Crippen molar-refractivity contribution in [3.05, 3.63) is 76.9 Å². The molecule has 0 spiro atoms. The van der Waals surface area contributed by atoms with Gasteiger partial charge in [-0.05, 0) is 55.2 Å². The number of carbonyl (C=O) groups excluding carboxylic acids is 1. The molecule has 1 saturated heterocycles. The Bertz CT molecular complexity index is 1230. The first-order valence-corrected chi connectivity index (χ1v) is 11.6. The standard InChI is InChI=1S/C25H24N4O2S/c1-17-21-23(28-19-9-11-20(12-10-19)29-13-5-6-14-29)26-16-27-24(21)32-22(17)25(30)31-15-18-7-3-2-4-8-18/h2-4,7-12,16H,5-6,13-15H2,1H3,(H,26,27,28). The summed E-state index contributed by atoms with van der Waals surface area (Å²) in [6.45, 7) is 4.41. The molecule has 0 aliphatic carbocycles. The van der Waals surface area contributed by atoms with E-state index in [0.29, 0.717) is 10.7 Å². The maximum atomic E-state index is 12.8. The molecule has 0 bridgehead atoms. The van der Waals surface area contributed by atoms with Gasteiger partial charge in [0, 0.05) is 24.5 Å². The van der Waals surface area contributed by atoms with E-state index in [9.17, 15) is 4.79 Å². The normalized spacial score (nSPS) is 13.5. The molecule has 2 aromatic carbocycles. The average Bonchev–Trinajstić information content (AvgIpc) is 3.48. The molecule has 0 amide bonds. The first-order valence-electron chi connectivity index (χ1n) is 10.8. The summed E-state index contributed by atoms with van der Waals surface area (Å²) in [6.07, 6.45) is 4.04. The molecule has 6 nitrogen and oxygen atoms in total. The third kappa shape index (κ3) is 4.16. The third-order valence-corrected chi connectivity index (χ3v) is 6.91. The molecular formula is C25H24N4O2S. The molecule has 0 saturated carbocycles. The second-order valence-electron chi connectivity index (χ2n) is 7.89. The smallest absolute Gasteiger partial charge is 0.349 e. The van der Waals surface area contributed by atoms with Crippen LogP contribution in [0.5, 0.6) is 0 Å². The van der Waals surface area contributed by atoms with Crippen LogP contribution in [0.25, 0.3) is 10.2 Å². The number of carbonyl (C=O) groups is 1. The fourth-order valence-corrected chi connectivity index (χ4v) is 5.06. The summed E-state index contributed by atoms with van der Waals surface area (Å²) in [5.74, 6) is 0.357. The average molecular weight is 445 g/mol. The van der Waals surface area contributed by atoms with Crippen molar-refractivity contribution >= 4 is 44.7 Å². The zero-order chi connectivity index (χ0) is 21.9. The van der Waals surface area contributed by atoms with Crippen molar-refractivity contribution in [1.29, 1.82) is 0 Å².